The molecule has 0 saturated carbocycles. The number of thiazole rings is 1. The van der Waals surface area contributed by atoms with Crippen molar-refractivity contribution in [1.29, 1.82) is 0 Å². The number of ether oxygens (including phenoxy) is 5. The largest absolute Gasteiger partial charge is 0.490 e. The zero-order chi connectivity index (χ0) is 35.2. The molecule has 0 spiro atoms. The van der Waals surface area contributed by atoms with E-state index in [0.717, 1.165) is 12.7 Å². The van der Waals surface area contributed by atoms with Gasteiger partial charge in [0.1, 0.15) is 12.4 Å². The lowest BCUT2D eigenvalue weighted by Gasteiger charge is -2.25. The molecule has 3 aromatic carbocycles. The van der Waals surface area contributed by atoms with Crippen molar-refractivity contribution in [2.24, 2.45) is 4.99 Å². The summed E-state index contributed by atoms with van der Waals surface area (Å²) in [5.41, 5.74) is 2.40. The summed E-state index contributed by atoms with van der Waals surface area (Å²) in [6.45, 7) is 5.60. The zero-order valence-electron chi connectivity index (χ0n) is 26.9. The maximum absolute atomic E-state index is 14.4. The van der Waals surface area contributed by atoms with Crippen LogP contribution >= 0.6 is 68.1 Å². The summed E-state index contributed by atoms with van der Waals surface area (Å²) >= 11 is 12.0. The Hall–Kier alpha value is -3.41. The number of nitrogens with zero attached hydrogens (tertiary/aromatic N) is 2. The molecule has 1 atom stereocenters. The number of benzene rings is 3. The lowest BCUT2D eigenvalue weighted by molar-refractivity contribution is -0.143. The van der Waals surface area contributed by atoms with Gasteiger partial charge >= 0.3 is 11.9 Å². The molecule has 0 aliphatic carbocycles. The number of rotatable bonds is 12. The van der Waals surface area contributed by atoms with Crippen molar-refractivity contribution in [3.05, 3.63) is 114 Å². The maximum atomic E-state index is 14.4. The third-order valence-electron chi connectivity index (χ3n) is 7.33. The minimum atomic E-state index is -0.890. The summed E-state index contributed by atoms with van der Waals surface area (Å²) in [5, 5.41) is 0.598. The molecule has 1 aliphatic heterocycles. The van der Waals surface area contributed by atoms with Crippen molar-refractivity contribution in [3.8, 4) is 17.2 Å². The fourth-order valence-corrected chi connectivity index (χ4v) is 8.40. The molecule has 256 valence electrons. The van der Waals surface area contributed by atoms with Crippen LogP contribution in [0.4, 0.5) is 0 Å². The fraction of sp³-hybridized carbons (Fsp3) is 0.257. The van der Waals surface area contributed by atoms with E-state index >= 15 is 0 Å². The topological polar surface area (TPSA) is 115 Å². The van der Waals surface area contributed by atoms with E-state index in [1.807, 2.05) is 43.3 Å². The van der Waals surface area contributed by atoms with E-state index in [4.69, 9.17) is 40.3 Å². The molecule has 0 bridgehead atoms. The number of allylic oxidation sites excluding steroid dienone is 1. The monoisotopic (exact) mass is 928 g/mol. The number of esters is 2. The molecule has 49 heavy (non-hydrogen) atoms. The van der Waals surface area contributed by atoms with Crippen molar-refractivity contribution in [1.82, 2.24) is 4.57 Å². The van der Waals surface area contributed by atoms with E-state index in [1.165, 1.54) is 23.0 Å². The highest BCUT2D eigenvalue weighted by Crippen LogP contribution is 2.37. The number of hydrogen-bond acceptors (Lipinski definition) is 10. The standard InChI is InChI=1S/C35H31ClI2N2O8S/c1-5-45-27-14-20(11-12-26(27)47-18-29(41)44-4)31-30(34(43)46-6-2)19(3)39-35-40(31)33(42)28(49-35)15-22-13-23(37)16-25(38)32(22)48-17-21-9-7-8-10-24(21)36/h7-16,31H,5-6,17-18H2,1-4H3/b28-15+/t31-/m1/s1. The number of halogens is 3. The minimum absolute atomic E-state index is 0.138. The van der Waals surface area contributed by atoms with Gasteiger partial charge in [-0.1, -0.05) is 47.2 Å². The van der Waals surface area contributed by atoms with Gasteiger partial charge in [-0.3, -0.25) is 9.36 Å². The Morgan fingerprint density at radius 2 is 1.80 bits per heavy atom. The molecule has 10 nitrogen and oxygen atoms in total. The molecule has 1 aliphatic rings. The quantitative estimate of drug-likeness (QED) is 0.122. The van der Waals surface area contributed by atoms with Gasteiger partial charge in [-0.25, -0.2) is 14.6 Å². The van der Waals surface area contributed by atoms with Gasteiger partial charge in [0.05, 0.1) is 45.7 Å². The molecule has 14 heteroatoms. The van der Waals surface area contributed by atoms with Gasteiger partial charge in [0.15, 0.2) is 22.9 Å². The minimum Gasteiger partial charge on any atom is -0.490 e. The summed E-state index contributed by atoms with van der Waals surface area (Å²) in [6.07, 6.45) is 1.78. The number of aromatic nitrogens is 1. The van der Waals surface area contributed by atoms with E-state index in [-0.39, 0.29) is 31.0 Å². The molecule has 0 N–H and O–H groups in total. The highest BCUT2D eigenvalue weighted by Gasteiger charge is 2.34. The Labute approximate surface area is 318 Å². The number of carbonyl (C=O) groups excluding carboxylic acids is 2. The number of carbonyl (C=O) groups is 2. The van der Waals surface area contributed by atoms with Crippen molar-refractivity contribution in [2.45, 2.75) is 33.4 Å². The predicted molar refractivity (Wildman–Crippen MR) is 203 cm³/mol. The molecule has 0 radical (unpaired) electrons. The van der Waals surface area contributed by atoms with Crippen molar-refractivity contribution < 1.29 is 33.3 Å². The Morgan fingerprint density at radius 1 is 1.02 bits per heavy atom. The third kappa shape index (κ3) is 8.32. The van der Waals surface area contributed by atoms with E-state index < -0.39 is 18.0 Å². The van der Waals surface area contributed by atoms with Crippen molar-refractivity contribution in [2.75, 3.05) is 26.9 Å². The Balaban J connectivity index is 1.65. The molecule has 2 heterocycles. The summed E-state index contributed by atoms with van der Waals surface area (Å²) in [7, 11) is 1.27. The van der Waals surface area contributed by atoms with Gasteiger partial charge in [-0.05, 0) is 108 Å². The first kappa shape index (κ1) is 36.9. The molecular weight excluding hydrogens is 898 g/mol. The van der Waals surface area contributed by atoms with Crippen LogP contribution in [0, 0.1) is 7.14 Å². The van der Waals surface area contributed by atoms with Crippen LogP contribution in [0.2, 0.25) is 5.02 Å². The molecule has 1 aromatic heterocycles. The number of fused-ring (bicyclic) bond motifs is 1. The first-order chi connectivity index (χ1) is 23.6. The molecule has 0 fully saturated rings. The van der Waals surface area contributed by atoms with Crippen LogP contribution in [0.5, 0.6) is 17.2 Å². The first-order valence-electron chi connectivity index (χ1n) is 15.1. The van der Waals surface area contributed by atoms with E-state index in [1.54, 1.807) is 38.1 Å². The maximum Gasteiger partial charge on any atom is 0.343 e. The Kier molecular flexibility index (Phi) is 12.4. The van der Waals surface area contributed by atoms with Crippen LogP contribution in [-0.4, -0.2) is 43.4 Å². The van der Waals surface area contributed by atoms with E-state index in [0.29, 0.717) is 55.0 Å². The van der Waals surface area contributed by atoms with E-state index in [2.05, 4.69) is 45.2 Å². The normalized spacial score (nSPS) is 14.2. The Bertz CT molecular complexity index is 2130. The average molecular weight is 929 g/mol. The highest BCUT2D eigenvalue weighted by atomic mass is 127. The zero-order valence-corrected chi connectivity index (χ0v) is 32.8. The van der Waals surface area contributed by atoms with Gasteiger partial charge in [0, 0.05) is 19.7 Å². The van der Waals surface area contributed by atoms with Crippen LogP contribution in [0.1, 0.15) is 43.5 Å². The third-order valence-corrected chi connectivity index (χ3v) is 10.1. The first-order valence-corrected chi connectivity index (χ1v) is 18.4. The van der Waals surface area contributed by atoms with Crippen molar-refractivity contribution in [3.63, 3.8) is 0 Å². The molecular formula is C35H31ClI2N2O8S. The highest BCUT2D eigenvalue weighted by molar-refractivity contribution is 14.1. The summed E-state index contributed by atoms with van der Waals surface area (Å²) in [5.74, 6) is 0.101. The second kappa shape index (κ2) is 16.5. The lowest BCUT2D eigenvalue weighted by atomic mass is 9.95. The van der Waals surface area contributed by atoms with Crippen LogP contribution in [0.3, 0.4) is 0 Å². The lowest BCUT2D eigenvalue weighted by Crippen LogP contribution is -2.40. The van der Waals surface area contributed by atoms with E-state index in [9.17, 15) is 14.4 Å². The molecule has 5 rings (SSSR count). The number of hydrogen-bond donors (Lipinski definition) is 0. The summed E-state index contributed by atoms with van der Waals surface area (Å²) in [4.78, 5) is 44.7. The molecule has 4 aromatic rings. The van der Waals surface area contributed by atoms with Gasteiger partial charge in [-0.2, -0.15) is 0 Å². The Morgan fingerprint density at radius 3 is 2.51 bits per heavy atom. The van der Waals surface area contributed by atoms with Gasteiger partial charge < -0.3 is 23.7 Å². The van der Waals surface area contributed by atoms with Crippen LogP contribution in [0.15, 0.2) is 75.7 Å². The van der Waals surface area contributed by atoms with Crippen molar-refractivity contribution >= 4 is 86.1 Å². The predicted octanol–water partition coefficient (Wildman–Crippen LogP) is 6.19. The smallest absolute Gasteiger partial charge is 0.343 e. The summed E-state index contributed by atoms with van der Waals surface area (Å²) < 4.78 is 31.7. The van der Waals surface area contributed by atoms with Gasteiger partial charge in [0.25, 0.3) is 5.56 Å². The number of methoxy groups -OCH3 is 1. The SMILES string of the molecule is CCOC(=O)C1=C(C)N=c2s/c(=C/c3cc(I)cc(I)c3OCc3ccccc3Cl)c(=O)n2[C@@H]1c1ccc(OCC(=O)OC)c(OCC)c1. The second-order valence-electron chi connectivity index (χ2n) is 10.5. The van der Waals surface area contributed by atoms with Crippen LogP contribution < -0.4 is 29.1 Å². The molecule has 0 unspecified atom stereocenters. The van der Waals surface area contributed by atoms with Crippen LogP contribution in [-0.2, 0) is 25.7 Å². The average Bonchev–Trinajstić information content (AvgIpc) is 3.37. The summed E-state index contributed by atoms with van der Waals surface area (Å²) in [6, 6.07) is 15.6. The second-order valence-corrected chi connectivity index (χ2v) is 14.3. The van der Waals surface area contributed by atoms with Crippen LogP contribution in [0.25, 0.3) is 6.08 Å². The molecule has 0 saturated heterocycles. The van der Waals surface area contributed by atoms with Gasteiger partial charge in [-0.15, -0.1) is 0 Å². The van der Waals surface area contributed by atoms with Gasteiger partial charge in [0.2, 0.25) is 0 Å². The molecule has 0 amide bonds. The fourth-order valence-electron chi connectivity index (χ4n) is 5.13.